The predicted octanol–water partition coefficient (Wildman–Crippen LogP) is 0.569. The van der Waals surface area contributed by atoms with Crippen molar-refractivity contribution >= 4 is 18.4 Å². The van der Waals surface area contributed by atoms with Crippen LogP contribution < -0.4 is 10.5 Å². The first-order chi connectivity index (χ1) is 9.27. The number of hydroxylamine groups is 1. The highest BCUT2D eigenvalue weighted by Crippen LogP contribution is 2.36. The lowest BCUT2D eigenvalue weighted by Crippen LogP contribution is -2.41. The van der Waals surface area contributed by atoms with Crippen molar-refractivity contribution in [3.8, 4) is 0 Å². The summed E-state index contributed by atoms with van der Waals surface area (Å²) in [5, 5.41) is 19.3. The van der Waals surface area contributed by atoms with E-state index in [1.54, 1.807) is 18.3 Å². The molecule has 2 rings (SSSR count). The van der Waals surface area contributed by atoms with Gasteiger partial charge in [0.2, 0.25) is 0 Å². The molecular formula is C13H21BN2O4. The first-order valence-corrected chi connectivity index (χ1v) is 6.66. The first kappa shape index (κ1) is 15.2. The van der Waals surface area contributed by atoms with Crippen LogP contribution in [0.1, 0.15) is 27.7 Å². The summed E-state index contributed by atoms with van der Waals surface area (Å²) in [6, 6.07) is 3.46. The Hall–Kier alpha value is -1.15. The van der Waals surface area contributed by atoms with Gasteiger partial charge in [-0.05, 0) is 33.8 Å². The topological polar surface area (TPSA) is 75.1 Å². The second kappa shape index (κ2) is 5.33. The molecule has 0 saturated carbocycles. The molecule has 1 aromatic heterocycles. The van der Waals surface area contributed by atoms with E-state index in [2.05, 4.69) is 4.98 Å². The average Bonchev–Trinajstić information content (AvgIpc) is 2.59. The smallest absolute Gasteiger partial charge is 0.399 e. The zero-order valence-corrected chi connectivity index (χ0v) is 12.3. The molecule has 20 heavy (non-hydrogen) atoms. The van der Waals surface area contributed by atoms with Gasteiger partial charge in [0.25, 0.3) is 0 Å². The Morgan fingerprint density at radius 3 is 2.25 bits per heavy atom. The lowest BCUT2D eigenvalue weighted by molar-refractivity contribution is 0.00578. The SMILES string of the molecule is CC1(C)OB(c2ccc(N(O)CCO)nc2)OC1(C)C. The predicted molar refractivity (Wildman–Crippen MR) is 76.2 cm³/mol. The van der Waals surface area contributed by atoms with Crippen LogP contribution in [0.4, 0.5) is 5.82 Å². The molecule has 1 saturated heterocycles. The van der Waals surface area contributed by atoms with Crippen LogP contribution in [0.5, 0.6) is 0 Å². The summed E-state index contributed by atoms with van der Waals surface area (Å²) in [4.78, 5) is 4.14. The molecule has 2 N–H and O–H groups in total. The number of hydrogen-bond donors (Lipinski definition) is 2. The fourth-order valence-corrected chi connectivity index (χ4v) is 1.88. The number of aliphatic hydroxyl groups excluding tert-OH is 1. The Bertz CT molecular complexity index is 448. The van der Waals surface area contributed by atoms with E-state index in [0.29, 0.717) is 5.82 Å². The minimum Gasteiger partial charge on any atom is -0.399 e. The molecule has 6 nitrogen and oxygen atoms in total. The van der Waals surface area contributed by atoms with Crippen molar-refractivity contribution in [2.45, 2.75) is 38.9 Å². The molecule has 2 heterocycles. The van der Waals surface area contributed by atoms with E-state index in [1.807, 2.05) is 27.7 Å². The molecule has 0 atom stereocenters. The minimum atomic E-state index is -0.466. The number of pyridine rings is 1. The van der Waals surface area contributed by atoms with E-state index in [4.69, 9.17) is 14.4 Å². The van der Waals surface area contributed by atoms with Crippen molar-refractivity contribution in [2.75, 3.05) is 18.2 Å². The van der Waals surface area contributed by atoms with Crippen molar-refractivity contribution in [3.05, 3.63) is 18.3 Å². The summed E-state index contributed by atoms with van der Waals surface area (Å²) in [5.74, 6) is 0.374. The molecule has 0 radical (unpaired) electrons. The summed E-state index contributed by atoms with van der Waals surface area (Å²) >= 11 is 0. The van der Waals surface area contributed by atoms with Gasteiger partial charge in [-0.25, -0.2) is 10.0 Å². The molecule has 110 valence electrons. The fourth-order valence-electron chi connectivity index (χ4n) is 1.88. The van der Waals surface area contributed by atoms with Crippen molar-refractivity contribution in [3.63, 3.8) is 0 Å². The molecule has 0 aromatic carbocycles. The van der Waals surface area contributed by atoms with Crippen LogP contribution >= 0.6 is 0 Å². The third-order valence-corrected chi connectivity index (χ3v) is 3.87. The van der Waals surface area contributed by atoms with Crippen LogP contribution in [-0.4, -0.2) is 46.8 Å². The Balaban J connectivity index is 2.12. The average molecular weight is 280 g/mol. The van der Waals surface area contributed by atoms with E-state index in [0.717, 1.165) is 10.5 Å². The molecule has 0 bridgehead atoms. The standard InChI is InChI=1S/C13H21BN2O4/c1-12(2)13(3,4)20-14(19-12)10-5-6-11(15-9-10)16(18)7-8-17/h5-6,9,17-18H,7-8H2,1-4H3. The van der Waals surface area contributed by atoms with E-state index >= 15 is 0 Å². The molecule has 1 fully saturated rings. The van der Waals surface area contributed by atoms with E-state index in [1.165, 1.54) is 0 Å². The number of aliphatic hydroxyl groups is 1. The van der Waals surface area contributed by atoms with Gasteiger partial charge in [-0.2, -0.15) is 0 Å². The van der Waals surface area contributed by atoms with Gasteiger partial charge in [-0.1, -0.05) is 6.07 Å². The number of hydrogen-bond acceptors (Lipinski definition) is 6. The van der Waals surface area contributed by atoms with Gasteiger partial charge in [-0.15, -0.1) is 0 Å². The number of rotatable bonds is 4. The Kier molecular flexibility index (Phi) is 4.06. The lowest BCUT2D eigenvalue weighted by Gasteiger charge is -2.32. The van der Waals surface area contributed by atoms with E-state index in [9.17, 15) is 5.21 Å². The number of nitrogens with zero attached hydrogens (tertiary/aromatic N) is 2. The van der Waals surface area contributed by atoms with Gasteiger partial charge in [-0.3, -0.25) is 5.21 Å². The number of anilines is 1. The monoisotopic (exact) mass is 280 g/mol. The van der Waals surface area contributed by atoms with Crippen LogP contribution in [0.25, 0.3) is 0 Å². The van der Waals surface area contributed by atoms with Crippen LogP contribution in [0.2, 0.25) is 0 Å². The highest BCUT2D eigenvalue weighted by Gasteiger charge is 2.51. The maximum absolute atomic E-state index is 9.59. The minimum absolute atomic E-state index is 0.114. The zero-order valence-electron chi connectivity index (χ0n) is 12.3. The largest absolute Gasteiger partial charge is 0.496 e. The van der Waals surface area contributed by atoms with E-state index in [-0.39, 0.29) is 13.2 Å². The normalized spacial score (nSPS) is 20.2. The van der Waals surface area contributed by atoms with Gasteiger partial charge < -0.3 is 14.4 Å². The van der Waals surface area contributed by atoms with Crippen molar-refractivity contribution in [1.29, 1.82) is 0 Å². The summed E-state index contributed by atoms with van der Waals surface area (Å²) in [6.45, 7) is 7.94. The van der Waals surface area contributed by atoms with Crippen LogP contribution in [0.3, 0.4) is 0 Å². The molecule has 0 spiro atoms. The fraction of sp³-hybridized carbons (Fsp3) is 0.615. The molecule has 1 aliphatic heterocycles. The van der Waals surface area contributed by atoms with Crippen molar-refractivity contribution in [2.24, 2.45) is 0 Å². The summed E-state index contributed by atoms with van der Waals surface area (Å²) < 4.78 is 11.8. The van der Waals surface area contributed by atoms with Gasteiger partial charge in [0, 0.05) is 11.7 Å². The molecule has 0 aliphatic carbocycles. The Labute approximate surface area is 119 Å². The maximum atomic E-state index is 9.59. The second-order valence-electron chi connectivity index (χ2n) is 5.88. The van der Waals surface area contributed by atoms with Gasteiger partial charge >= 0.3 is 7.12 Å². The van der Waals surface area contributed by atoms with Gasteiger partial charge in [0.15, 0.2) is 5.82 Å². The summed E-state index contributed by atoms with van der Waals surface area (Å²) in [7, 11) is -0.466. The first-order valence-electron chi connectivity index (χ1n) is 6.66. The summed E-state index contributed by atoms with van der Waals surface area (Å²) in [6.07, 6.45) is 1.61. The molecular weight excluding hydrogens is 259 g/mol. The molecule has 7 heteroatoms. The zero-order chi connectivity index (χ0) is 15.0. The summed E-state index contributed by atoms with van der Waals surface area (Å²) in [5.41, 5.74) is 0.0109. The quantitative estimate of drug-likeness (QED) is 0.620. The van der Waals surface area contributed by atoms with E-state index < -0.39 is 18.3 Å². The Morgan fingerprint density at radius 2 is 1.80 bits per heavy atom. The lowest BCUT2D eigenvalue weighted by atomic mass is 9.80. The molecule has 1 aromatic rings. The Morgan fingerprint density at radius 1 is 1.20 bits per heavy atom. The van der Waals surface area contributed by atoms with Crippen LogP contribution in [-0.2, 0) is 9.31 Å². The van der Waals surface area contributed by atoms with Crippen molar-refractivity contribution < 1.29 is 19.6 Å². The molecule has 0 amide bonds. The van der Waals surface area contributed by atoms with Crippen molar-refractivity contribution in [1.82, 2.24) is 4.98 Å². The van der Waals surface area contributed by atoms with Crippen LogP contribution in [0.15, 0.2) is 18.3 Å². The highest BCUT2D eigenvalue weighted by atomic mass is 16.7. The van der Waals surface area contributed by atoms with Gasteiger partial charge in [0.05, 0.1) is 24.4 Å². The third-order valence-electron chi connectivity index (χ3n) is 3.87. The molecule has 0 unspecified atom stereocenters. The highest BCUT2D eigenvalue weighted by molar-refractivity contribution is 6.62. The maximum Gasteiger partial charge on any atom is 0.496 e. The van der Waals surface area contributed by atoms with Crippen LogP contribution in [0, 0.1) is 0 Å². The second-order valence-corrected chi connectivity index (χ2v) is 5.88. The number of aromatic nitrogens is 1. The van der Waals surface area contributed by atoms with Gasteiger partial charge in [0.1, 0.15) is 0 Å². The molecule has 1 aliphatic rings. The third kappa shape index (κ3) is 2.81.